The van der Waals surface area contributed by atoms with Gasteiger partial charge in [-0.15, -0.1) is 0 Å². The van der Waals surface area contributed by atoms with Crippen molar-refractivity contribution in [2.75, 3.05) is 33.0 Å². The fraction of sp³-hybridized carbons (Fsp3) is 0.308. The summed E-state index contributed by atoms with van der Waals surface area (Å²) in [5.74, 6) is -0.618. The molecule has 1 aliphatic heterocycles. The standard InChI is InChI=1S/C39H39NO10/c1-4-18-48-37(43)22-25(2)38(44)49-21-6-20-47-30-12-14-32-31-13-7-27(23-33(31)26(3)34(32)24-30)39(45)50-29-10-8-28(9-11-29)46-19-5-17-40-35(41)15-16-36(40)42/h7-16,23-24,26H,2,4-6,17-22H2,1,3H3. The van der Waals surface area contributed by atoms with Crippen molar-refractivity contribution in [3.05, 3.63) is 102 Å². The lowest BCUT2D eigenvalue weighted by molar-refractivity contribution is -0.146. The first kappa shape index (κ1) is 35.6. The topological polar surface area (TPSA) is 135 Å². The van der Waals surface area contributed by atoms with E-state index in [9.17, 15) is 24.0 Å². The van der Waals surface area contributed by atoms with Crippen LogP contribution >= 0.6 is 0 Å². The average Bonchev–Trinajstić information content (AvgIpc) is 3.59. The lowest BCUT2D eigenvalue weighted by atomic mass is 9.98. The van der Waals surface area contributed by atoms with E-state index in [2.05, 4.69) is 13.5 Å². The van der Waals surface area contributed by atoms with E-state index in [1.807, 2.05) is 37.3 Å². The highest BCUT2D eigenvalue weighted by Crippen LogP contribution is 2.46. The Labute approximate surface area is 290 Å². The molecule has 0 fully saturated rings. The van der Waals surface area contributed by atoms with E-state index in [0.29, 0.717) is 61.9 Å². The largest absolute Gasteiger partial charge is 0.494 e. The van der Waals surface area contributed by atoms with Crippen LogP contribution in [-0.4, -0.2) is 67.6 Å². The zero-order valence-electron chi connectivity index (χ0n) is 28.1. The predicted octanol–water partition coefficient (Wildman–Crippen LogP) is 5.94. The van der Waals surface area contributed by atoms with Gasteiger partial charge in [0, 0.05) is 36.6 Å². The lowest BCUT2D eigenvalue weighted by Crippen LogP contribution is -2.31. The quantitative estimate of drug-likeness (QED) is 0.0554. The third kappa shape index (κ3) is 8.84. The number of rotatable bonds is 17. The summed E-state index contributed by atoms with van der Waals surface area (Å²) in [6.45, 7) is 8.91. The lowest BCUT2D eigenvalue weighted by Gasteiger charge is -2.14. The van der Waals surface area contributed by atoms with Gasteiger partial charge in [-0.05, 0) is 83.6 Å². The van der Waals surface area contributed by atoms with Gasteiger partial charge in [-0.2, -0.15) is 0 Å². The van der Waals surface area contributed by atoms with Crippen molar-refractivity contribution >= 4 is 29.7 Å². The summed E-state index contributed by atoms with van der Waals surface area (Å²) in [5, 5.41) is 0. The Kier molecular flexibility index (Phi) is 11.8. The van der Waals surface area contributed by atoms with Crippen LogP contribution in [0.3, 0.4) is 0 Å². The number of amides is 2. The van der Waals surface area contributed by atoms with Gasteiger partial charge in [-0.1, -0.05) is 32.6 Å². The average molecular weight is 682 g/mol. The minimum absolute atomic E-state index is 0.0155. The highest BCUT2D eigenvalue weighted by Gasteiger charge is 2.27. The van der Waals surface area contributed by atoms with Crippen molar-refractivity contribution in [2.45, 2.75) is 45.4 Å². The van der Waals surface area contributed by atoms with Crippen LogP contribution in [0.15, 0.2) is 85.0 Å². The van der Waals surface area contributed by atoms with Gasteiger partial charge in [0.2, 0.25) is 0 Å². The minimum atomic E-state index is -0.631. The molecule has 1 atom stereocenters. The van der Waals surface area contributed by atoms with Crippen molar-refractivity contribution in [3.63, 3.8) is 0 Å². The molecule has 260 valence electrons. The normalized spacial score (nSPS) is 14.2. The first-order valence-corrected chi connectivity index (χ1v) is 16.5. The molecule has 50 heavy (non-hydrogen) atoms. The molecule has 1 aliphatic carbocycles. The van der Waals surface area contributed by atoms with Crippen LogP contribution in [0.25, 0.3) is 11.1 Å². The number of esters is 3. The molecule has 5 rings (SSSR count). The molecule has 0 N–H and O–H groups in total. The van der Waals surface area contributed by atoms with Gasteiger partial charge >= 0.3 is 17.9 Å². The van der Waals surface area contributed by atoms with Gasteiger partial charge in [0.15, 0.2) is 0 Å². The van der Waals surface area contributed by atoms with Crippen LogP contribution in [-0.2, 0) is 28.7 Å². The van der Waals surface area contributed by atoms with E-state index in [-0.39, 0.29) is 42.9 Å². The molecule has 11 nitrogen and oxygen atoms in total. The highest BCUT2D eigenvalue weighted by atomic mass is 16.5. The van der Waals surface area contributed by atoms with Gasteiger partial charge in [-0.25, -0.2) is 9.59 Å². The first-order chi connectivity index (χ1) is 24.1. The fourth-order valence-electron chi connectivity index (χ4n) is 5.56. The van der Waals surface area contributed by atoms with Gasteiger partial charge in [0.25, 0.3) is 11.8 Å². The summed E-state index contributed by atoms with van der Waals surface area (Å²) >= 11 is 0. The van der Waals surface area contributed by atoms with Crippen molar-refractivity contribution < 1.29 is 47.7 Å². The number of nitrogens with zero attached hydrogens (tertiary/aromatic N) is 1. The Morgan fingerprint density at radius 1 is 0.740 bits per heavy atom. The molecule has 0 bridgehead atoms. The van der Waals surface area contributed by atoms with E-state index in [1.165, 1.54) is 17.1 Å². The van der Waals surface area contributed by atoms with Crippen LogP contribution in [0.1, 0.15) is 66.9 Å². The van der Waals surface area contributed by atoms with Gasteiger partial charge < -0.3 is 23.7 Å². The Morgan fingerprint density at radius 3 is 2.08 bits per heavy atom. The highest BCUT2D eigenvalue weighted by molar-refractivity contribution is 6.12. The van der Waals surface area contributed by atoms with Gasteiger partial charge in [-0.3, -0.25) is 19.3 Å². The molecule has 3 aromatic rings. The summed E-state index contributed by atoms with van der Waals surface area (Å²) in [5.41, 5.74) is 4.67. The van der Waals surface area contributed by atoms with Crippen molar-refractivity contribution in [1.29, 1.82) is 0 Å². The van der Waals surface area contributed by atoms with Crippen molar-refractivity contribution in [2.24, 2.45) is 0 Å². The summed E-state index contributed by atoms with van der Waals surface area (Å²) in [6.07, 6.45) is 3.95. The van der Waals surface area contributed by atoms with Crippen LogP contribution in [0, 0.1) is 0 Å². The number of hydrogen-bond acceptors (Lipinski definition) is 10. The Hall–Kier alpha value is -5.71. The molecule has 2 amide bonds. The van der Waals surface area contributed by atoms with Crippen LogP contribution in [0.5, 0.6) is 17.2 Å². The molecule has 11 heteroatoms. The number of carbonyl (C=O) groups is 5. The van der Waals surface area contributed by atoms with E-state index < -0.39 is 17.9 Å². The summed E-state index contributed by atoms with van der Waals surface area (Å²) in [4.78, 5) is 61.3. The van der Waals surface area contributed by atoms with Gasteiger partial charge in [0.05, 0.1) is 38.4 Å². The number of ether oxygens (including phenoxy) is 5. The molecule has 0 aromatic heterocycles. The minimum Gasteiger partial charge on any atom is -0.494 e. The molecular formula is C39H39NO10. The molecular weight excluding hydrogens is 642 g/mol. The fourth-order valence-corrected chi connectivity index (χ4v) is 5.56. The Balaban J connectivity index is 1.07. The second-order valence-corrected chi connectivity index (χ2v) is 11.8. The SMILES string of the molecule is C=C(CC(=O)OCCC)C(=O)OCCCOc1ccc2c(c1)C(C)c1cc(C(=O)Oc3ccc(OCCCN4C(=O)C=CC4=O)cc3)ccc1-2. The Morgan fingerprint density at radius 2 is 1.36 bits per heavy atom. The third-order valence-electron chi connectivity index (χ3n) is 8.17. The van der Waals surface area contributed by atoms with Crippen LogP contribution in [0.4, 0.5) is 0 Å². The number of fused-ring (bicyclic) bond motifs is 3. The maximum absolute atomic E-state index is 13.1. The molecule has 0 spiro atoms. The summed E-state index contributed by atoms with van der Waals surface area (Å²) in [7, 11) is 0. The van der Waals surface area contributed by atoms with Crippen LogP contribution in [0.2, 0.25) is 0 Å². The summed E-state index contributed by atoms with van der Waals surface area (Å²) in [6, 6.07) is 18.1. The molecule has 0 saturated heterocycles. The maximum atomic E-state index is 13.1. The van der Waals surface area contributed by atoms with Crippen molar-refractivity contribution in [3.8, 4) is 28.4 Å². The first-order valence-electron chi connectivity index (χ1n) is 16.5. The number of carbonyl (C=O) groups excluding carboxylic acids is 5. The number of hydrogen-bond donors (Lipinski definition) is 0. The van der Waals surface area contributed by atoms with Gasteiger partial charge in [0.1, 0.15) is 17.2 Å². The summed E-state index contributed by atoms with van der Waals surface area (Å²) < 4.78 is 27.4. The molecule has 1 unspecified atom stereocenters. The molecule has 0 radical (unpaired) electrons. The molecule has 3 aromatic carbocycles. The third-order valence-corrected chi connectivity index (χ3v) is 8.17. The van der Waals surface area contributed by atoms with E-state index in [0.717, 1.165) is 22.3 Å². The predicted molar refractivity (Wildman–Crippen MR) is 183 cm³/mol. The van der Waals surface area contributed by atoms with E-state index >= 15 is 0 Å². The monoisotopic (exact) mass is 681 g/mol. The second kappa shape index (κ2) is 16.6. The van der Waals surface area contributed by atoms with Crippen LogP contribution < -0.4 is 14.2 Å². The number of imide groups is 1. The Bertz CT molecular complexity index is 1790. The zero-order chi connectivity index (χ0) is 35.6. The molecule has 2 aliphatic rings. The smallest absolute Gasteiger partial charge is 0.343 e. The second-order valence-electron chi connectivity index (χ2n) is 11.8. The molecule has 1 heterocycles. The van der Waals surface area contributed by atoms with Crippen molar-refractivity contribution in [1.82, 2.24) is 4.90 Å². The zero-order valence-corrected chi connectivity index (χ0v) is 28.1. The van der Waals surface area contributed by atoms with E-state index in [1.54, 1.807) is 30.3 Å². The molecule has 0 saturated carbocycles. The maximum Gasteiger partial charge on any atom is 0.343 e. The van der Waals surface area contributed by atoms with E-state index in [4.69, 9.17) is 23.7 Å². The number of benzene rings is 3.